The highest BCUT2D eigenvalue weighted by molar-refractivity contribution is 8.03. The molecule has 0 spiro atoms. The molecule has 1 amide bonds. The molecule has 1 saturated heterocycles. The van der Waals surface area contributed by atoms with Crippen LogP contribution in [0.2, 0.25) is 0 Å². The summed E-state index contributed by atoms with van der Waals surface area (Å²) in [5, 5.41) is 23.6. The van der Waals surface area contributed by atoms with Crippen LogP contribution in [0, 0.1) is 11.8 Å². The summed E-state index contributed by atoms with van der Waals surface area (Å²) in [6.07, 6.45) is 1.77. The van der Waals surface area contributed by atoms with Gasteiger partial charge in [0.05, 0.1) is 30.0 Å². The lowest BCUT2D eigenvalue weighted by Gasteiger charge is -2.46. The Morgan fingerprint density at radius 1 is 1.50 bits per heavy atom. The van der Waals surface area contributed by atoms with Crippen molar-refractivity contribution in [2.45, 2.75) is 32.4 Å². The van der Waals surface area contributed by atoms with Crippen LogP contribution in [0.25, 0.3) is 4.96 Å². The zero-order chi connectivity index (χ0) is 18.6. The van der Waals surface area contributed by atoms with Crippen molar-refractivity contribution in [1.29, 1.82) is 0 Å². The lowest BCUT2D eigenvalue weighted by atomic mass is 9.79. The fourth-order valence-electron chi connectivity index (χ4n) is 3.79. The molecule has 0 aliphatic carbocycles. The molecule has 138 valence electrons. The van der Waals surface area contributed by atoms with E-state index in [1.807, 2.05) is 13.1 Å². The van der Waals surface area contributed by atoms with E-state index in [4.69, 9.17) is 0 Å². The highest BCUT2D eigenvalue weighted by atomic mass is 32.2. The third kappa shape index (κ3) is 2.55. The second kappa shape index (κ2) is 6.36. The number of carbonyl (C=O) groups excluding carboxylic acids is 1. The number of aliphatic hydroxyl groups is 1. The van der Waals surface area contributed by atoms with Gasteiger partial charge in [0.15, 0.2) is 0 Å². The number of imidazole rings is 1. The summed E-state index contributed by atoms with van der Waals surface area (Å²) in [4.78, 5) is 31.4. The lowest BCUT2D eigenvalue weighted by Crippen LogP contribution is -2.63. The number of carbonyl (C=O) groups is 2. The zero-order valence-corrected chi connectivity index (χ0v) is 15.8. The fourth-order valence-corrected chi connectivity index (χ4v) is 5.66. The number of hydrogen-bond donors (Lipinski definition) is 2. The highest BCUT2D eigenvalue weighted by Crippen LogP contribution is 2.50. The minimum atomic E-state index is -1.09. The van der Waals surface area contributed by atoms with Crippen molar-refractivity contribution in [1.82, 2.24) is 19.5 Å². The number of carboxylic acids is 1. The SMILES string of the molecule is CC(O)C1C(=O)N2C(C(=O)O)=C(SCCc3cn4ncsc4n3)[C@H](C)C12. The van der Waals surface area contributed by atoms with Crippen molar-refractivity contribution in [2.75, 3.05) is 5.75 Å². The molecule has 4 rings (SSSR count). The molecule has 26 heavy (non-hydrogen) atoms. The van der Waals surface area contributed by atoms with Crippen molar-refractivity contribution in [3.8, 4) is 0 Å². The van der Waals surface area contributed by atoms with E-state index in [0.29, 0.717) is 17.1 Å². The van der Waals surface area contributed by atoms with E-state index in [1.54, 1.807) is 16.9 Å². The highest BCUT2D eigenvalue weighted by Gasteiger charge is 2.59. The topological polar surface area (TPSA) is 108 Å². The number of hydrogen-bond acceptors (Lipinski definition) is 7. The Hall–Kier alpha value is -1.91. The third-order valence-corrected chi connectivity index (χ3v) is 6.94. The maximum atomic E-state index is 12.3. The average molecular weight is 394 g/mol. The maximum absolute atomic E-state index is 12.3. The van der Waals surface area contributed by atoms with Crippen molar-refractivity contribution in [3.63, 3.8) is 0 Å². The van der Waals surface area contributed by atoms with Crippen LogP contribution in [0.3, 0.4) is 0 Å². The molecule has 2 aromatic rings. The molecule has 2 N–H and O–H groups in total. The number of carboxylic acid groups (broad SMARTS) is 1. The Labute approximate surface area is 157 Å². The van der Waals surface area contributed by atoms with Crippen LogP contribution >= 0.6 is 23.1 Å². The molecule has 10 heteroatoms. The van der Waals surface area contributed by atoms with Gasteiger partial charge < -0.3 is 15.1 Å². The molecule has 2 aromatic heterocycles. The predicted molar refractivity (Wildman–Crippen MR) is 96.7 cm³/mol. The molecular weight excluding hydrogens is 376 g/mol. The van der Waals surface area contributed by atoms with Gasteiger partial charge in [0.25, 0.3) is 0 Å². The first-order valence-corrected chi connectivity index (χ1v) is 10.2. The first kappa shape index (κ1) is 17.5. The van der Waals surface area contributed by atoms with E-state index in [0.717, 1.165) is 10.7 Å². The van der Waals surface area contributed by atoms with Crippen LogP contribution in [-0.4, -0.2) is 59.5 Å². The Bertz CT molecular complexity index is 890. The molecule has 2 aliphatic rings. The van der Waals surface area contributed by atoms with Crippen LogP contribution in [0.5, 0.6) is 0 Å². The quantitative estimate of drug-likeness (QED) is 0.709. The van der Waals surface area contributed by atoms with Crippen LogP contribution in [0.4, 0.5) is 0 Å². The van der Waals surface area contributed by atoms with Crippen molar-refractivity contribution >= 4 is 39.9 Å². The molecule has 0 radical (unpaired) electrons. The van der Waals surface area contributed by atoms with E-state index < -0.39 is 18.0 Å². The number of rotatable bonds is 6. The van der Waals surface area contributed by atoms with Gasteiger partial charge in [-0.05, 0) is 6.92 Å². The third-order valence-electron chi connectivity index (χ3n) is 4.96. The standard InChI is InChI=1S/C16H18N4O4S2/c1-7-11-10(8(2)21)14(22)20(11)12(15(23)24)13(7)25-4-3-9-5-19-16(18-9)26-6-17-19/h5-8,10-11,21H,3-4H2,1-2H3,(H,23,24)/t7-,8?,10?,11?/m1/s1. The molecule has 4 heterocycles. The van der Waals surface area contributed by atoms with Crippen LogP contribution in [0.15, 0.2) is 22.3 Å². The predicted octanol–water partition coefficient (Wildman–Crippen LogP) is 1.22. The first-order chi connectivity index (χ1) is 12.4. The lowest BCUT2D eigenvalue weighted by molar-refractivity contribution is -0.163. The Balaban J connectivity index is 1.50. The maximum Gasteiger partial charge on any atom is 0.353 e. The summed E-state index contributed by atoms with van der Waals surface area (Å²) in [7, 11) is 0. The summed E-state index contributed by atoms with van der Waals surface area (Å²) in [5.74, 6) is -1.36. The molecule has 4 atom stereocenters. The van der Waals surface area contributed by atoms with Crippen LogP contribution < -0.4 is 0 Å². The minimum Gasteiger partial charge on any atom is -0.477 e. The van der Waals surface area contributed by atoms with Gasteiger partial charge in [-0.3, -0.25) is 4.79 Å². The number of aryl methyl sites for hydroxylation is 1. The van der Waals surface area contributed by atoms with Gasteiger partial charge in [0.2, 0.25) is 10.9 Å². The number of aromatic nitrogens is 3. The number of aliphatic carboxylic acids is 1. The number of nitrogens with zero attached hydrogens (tertiary/aromatic N) is 4. The van der Waals surface area contributed by atoms with Crippen molar-refractivity contribution < 1.29 is 19.8 Å². The monoisotopic (exact) mass is 394 g/mol. The van der Waals surface area contributed by atoms with Gasteiger partial charge >= 0.3 is 5.97 Å². The second-order valence-corrected chi connectivity index (χ2v) is 8.52. The smallest absolute Gasteiger partial charge is 0.353 e. The minimum absolute atomic E-state index is 0.0712. The molecule has 3 unspecified atom stereocenters. The van der Waals surface area contributed by atoms with Gasteiger partial charge in [-0.25, -0.2) is 14.3 Å². The largest absolute Gasteiger partial charge is 0.477 e. The van der Waals surface area contributed by atoms with Gasteiger partial charge in [0.1, 0.15) is 11.2 Å². The van der Waals surface area contributed by atoms with Crippen molar-refractivity contribution in [3.05, 3.63) is 28.0 Å². The summed E-state index contributed by atoms with van der Waals surface area (Å²) in [6, 6.07) is -0.266. The average Bonchev–Trinajstić information content (AvgIpc) is 3.19. The molecule has 1 fully saturated rings. The molecule has 8 nitrogen and oxygen atoms in total. The Morgan fingerprint density at radius 3 is 2.92 bits per heavy atom. The Morgan fingerprint density at radius 2 is 2.27 bits per heavy atom. The zero-order valence-electron chi connectivity index (χ0n) is 14.2. The molecule has 0 aromatic carbocycles. The fraction of sp³-hybridized carbons (Fsp3) is 0.500. The molecule has 0 saturated carbocycles. The number of aliphatic hydroxyl groups excluding tert-OH is 1. The molecular formula is C16H18N4O4S2. The van der Waals surface area contributed by atoms with Gasteiger partial charge in [0, 0.05) is 23.0 Å². The van der Waals surface area contributed by atoms with Crippen LogP contribution in [0.1, 0.15) is 19.5 Å². The normalized spacial score (nSPS) is 26.3. The number of fused-ring (bicyclic) bond motifs is 2. The second-order valence-electron chi connectivity index (χ2n) is 6.57. The first-order valence-electron chi connectivity index (χ1n) is 8.29. The summed E-state index contributed by atoms with van der Waals surface area (Å²) >= 11 is 2.92. The molecule has 2 aliphatic heterocycles. The number of thioether (sulfide) groups is 1. The number of β-lactam (4-membered cyclic amide) rings is 1. The number of amides is 1. The van der Waals surface area contributed by atoms with Gasteiger partial charge in [-0.2, -0.15) is 5.10 Å². The van der Waals surface area contributed by atoms with E-state index in [1.165, 1.54) is 28.0 Å². The van der Waals surface area contributed by atoms with Gasteiger partial charge in [-0.1, -0.05) is 18.3 Å². The van der Waals surface area contributed by atoms with Crippen LogP contribution in [-0.2, 0) is 16.0 Å². The van der Waals surface area contributed by atoms with E-state index in [-0.39, 0.29) is 23.6 Å². The van der Waals surface area contributed by atoms with E-state index >= 15 is 0 Å². The Kier molecular flexibility index (Phi) is 4.28. The van der Waals surface area contributed by atoms with E-state index in [2.05, 4.69) is 10.1 Å². The van der Waals surface area contributed by atoms with Gasteiger partial charge in [-0.15, -0.1) is 11.8 Å². The molecule has 0 bridgehead atoms. The van der Waals surface area contributed by atoms with E-state index in [9.17, 15) is 19.8 Å². The summed E-state index contributed by atoms with van der Waals surface area (Å²) in [6.45, 7) is 3.50. The summed E-state index contributed by atoms with van der Waals surface area (Å²) < 4.78 is 1.72. The summed E-state index contributed by atoms with van der Waals surface area (Å²) in [5.41, 5.74) is 2.70. The van der Waals surface area contributed by atoms with Crippen molar-refractivity contribution in [2.24, 2.45) is 11.8 Å².